The summed E-state index contributed by atoms with van der Waals surface area (Å²) in [6.45, 7) is 6.95. The molecule has 2 fully saturated rings. The largest absolute Gasteiger partial charge is 0.381 e. The molecule has 2 saturated heterocycles. The molecule has 3 aromatic heterocycles. The van der Waals surface area contributed by atoms with Crippen LogP contribution in [0.2, 0.25) is 0 Å². The van der Waals surface area contributed by atoms with Crippen LogP contribution in [0.4, 0.5) is 5.82 Å². The highest BCUT2D eigenvalue weighted by atomic mass is 32.2. The highest BCUT2D eigenvalue weighted by molar-refractivity contribution is 7.91. The molecule has 1 atom stereocenters. The number of hydrogen-bond donors (Lipinski definition) is 1. The monoisotopic (exact) mass is 484 g/mol. The molecule has 0 aliphatic carbocycles. The summed E-state index contributed by atoms with van der Waals surface area (Å²) in [5.41, 5.74) is 5.06. The zero-order valence-corrected chi connectivity index (χ0v) is 20.8. The number of fused-ring (bicyclic) bond motifs is 1. The molecular formula is C25H32N4O4S. The van der Waals surface area contributed by atoms with Crippen LogP contribution in [0.5, 0.6) is 0 Å². The summed E-state index contributed by atoms with van der Waals surface area (Å²) in [7, 11) is -3.41. The third-order valence-corrected chi connectivity index (χ3v) is 9.28. The molecule has 0 aromatic carbocycles. The molecule has 34 heavy (non-hydrogen) atoms. The highest BCUT2D eigenvalue weighted by Gasteiger charge is 2.44. The van der Waals surface area contributed by atoms with Crippen molar-refractivity contribution in [2.75, 3.05) is 44.1 Å². The van der Waals surface area contributed by atoms with Crippen molar-refractivity contribution in [2.45, 2.75) is 43.9 Å². The number of morpholine rings is 1. The van der Waals surface area contributed by atoms with Gasteiger partial charge in [0.2, 0.25) is 0 Å². The number of ether oxygens (including phenoxy) is 2. The fourth-order valence-corrected chi connectivity index (χ4v) is 6.67. The Morgan fingerprint density at radius 3 is 2.62 bits per heavy atom. The zero-order valence-electron chi connectivity index (χ0n) is 20.0. The van der Waals surface area contributed by atoms with Gasteiger partial charge in [0.05, 0.1) is 41.7 Å². The average molecular weight is 485 g/mol. The van der Waals surface area contributed by atoms with Gasteiger partial charge in [-0.2, -0.15) is 0 Å². The van der Waals surface area contributed by atoms with Gasteiger partial charge in [0.15, 0.2) is 9.84 Å². The van der Waals surface area contributed by atoms with E-state index in [1.807, 2.05) is 37.3 Å². The first-order chi connectivity index (χ1) is 16.3. The van der Waals surface area contributed by atoms with E-state index in [9.17, 15) is 8.42 Å². The van der Waals surface area contributed by atoms with Crippen LogP contribution in [0, 0.1) is 6.92 Å². The van der Waals surface area contributed by atoms with E-state index < -0.39 is 14.6 Å². The van der Waals surface area contributed by atoms with E-state index in [-0.39, 0.29) is 6.04 Å². The maximum atomic E-state index is 13.2. The molecule has 5 heterocycles. The summed E-state index contributed by atoms with van der Waals surface area (Å²) in [5.74, 6) is 0.782. The van der Waals surface area contributed by atoms with Crippen LogP contribution in [0.25, 0.3) is 22.4 Å². The average Bonchev–Trinajstić information content (AvgIpc) is 3.22. The Kier molecular flexibility index (Phi) is 6.12. The van der Waals surface area contributed by atoms with Crippen molar-refractivity contribution in [1.82, 2.24) is 15.0 Å². The summed E-state index contributed by atoms with van der Waals surface area (Å²) >= 11 is 0. The molecule has 3 aromatic rings. The minimum atomic E-state index is -3.41. The second-order valence-electron chi connectivity index (χ2n) is 9.39. The van der Waals surface area contributed by atoms with Gasteiger partial charge in [-0.3, -0.25) is 0 Å². The van der Waals surface area contributed by atoms with Crippen molar-refractivity contribution < 1.29 is 17.9 Å². The molecule has 0 saturated carbocycles. The smallest absolute Gasteiger partial charge is 0.157 e. The Balaban J connectivity index is 1.70. The summed E-state index contributed by atoms with van der Waals surface area (Å²) in [5, 5.41) is 0. The van der Waals surface area contributed by atoms with E-state index in [1.54, 1.807) is 0 Å². The van der Waals surface area contributed by atoms with Crippen LogP contribution >= 0.6 is 0 Å². The second-order valence-corrected chi connectivity index (χ2v) is 11.7. The third kappa shape index (κ3) is 4.10. The quantitative estimate of drug-likeness (QED) is 0.591. The second kappa shape index (κ2) is 8.94. The number of aromatic amines is 1. The lowest BCUT2D eigenvalue weighted by molar-refractivity contribution is 0.0741. The summed E-state index contributed by atoms with van der Waals surface area (Å²) < 4.78 is 36.7. The number of anilines is 1. The first kappa shape index (κ1) is 23.3. The van der Waals surface area contributed by atoms with Crippen LogP contribution in [0.1, 0.15) is 37.4 Å². The minimum absolute atomic E-state index is 0.191. The normalized spacial score (nSPS) is 21.1. The van der Waals surface area contributed by atoms with E-state index >= 15 is 0 Å². The minimum Gasteiger partial charge on any atom is -0.381 e. The first-order valence-electron chi connectivity index (χ1n) is 11.9. The fraction of sp³-hybridized carbons (Fsp3) is 0.520. The van der Waals surface area contributed by atoms with Gasteiger partial charge in [-0.05, 0) is 62.1 Å². The summed E-state index contributed by atoms with van der Waals surface area (Å²) in [6.07, 6.45) is 3.12. The lowest BCUT2D eigenvalue weighted by atomic mass is 9.90. The molecule has 1 N–H and O–H groups in total. The molecular weight excluding hydrogens is 452 g/mol. The van der Waals surface area contributed by atoms with E-state index in [1.165, 1.54) is 6.26 Å². The number of pyridine rings is 2. The molecule has 182 valence electrons. The van der Waals surface area contributed by atoms with E-state index in [0.29, 0.717) is 51.5 Å². The molecule has 5 rings (SSSR count). The van der Waals surface area contributed by atoms with Gasteiger partial charge in [0.25, 0.3) is 0 Å². The van der Waals surface area contributed by atoms with Crippen LogP contribution in [0.3, 0.4) is 0 Å². The number of nitrogens with zero attached hydrogens (tertiary/aromatic N) is 3. The van der Waals surface area contributed by atoms with Crippen molar-refractivity contribution >= 4 is 26.7 Å². The van der Waals surface area contributed by atoms with Gasteiger partial charge in [-0.15, -0.1) is 0 Å². The number of aromatic nitrogens is 3. The van der Waals surface area contributed by atoms with E-state index in [4.69, 9.17) is 19.4 Å². The van der Waals surface area contributed by atoms with Gasteiger partial charge in [0.1, 0.15) is 10.6 Å². The Hall–Kier alpha value is -2.49. The molecule has 9 heteroatoms. The molecule has 8 nitrogen and oxygen atoms in total. The van der Waals surface area contributed by atoms with Crippen LogP contribution in [0.15, 0.2) is 30.3 Å². The molecule has 0 bridgehead atoms. The van der Waals surface area contributed by atoms with Crippen molar-refractivity contribution in [1.29, 1.82) is 0 Å². The zero-order chi connectivity index (χ0) is 23.9. The maximum Gasteiger partial charge on any atom is 0.157 e. The van der Waals surface area contributed by atoms with Crippen LogP contribution in [-0.2, 0) is 24.1 Å². The standard InChI is InChI=1S/C25H32N4O4S/c1-4-19-16-33-12-9-29(19)24-15-18(25(34(3,30)31)7-10-32-11-8-25)14-23(28-24)21-6-5-20-22(27-21)13-17(2)26-20/h5-6,13-15,19,26H,4,7-12,16H2,1-3H3. The highest BCUT2D eigenvalue weighted by Crippen LogP contribution is 2.42. The Labute approximate surface area is 200 Å². The predicted molar refractivity (Wildman–Crippen MR) is 133 cm³/mol. The number of rotatable bonds is 5. The number of hydrogen-bond acceptors (Lipinski definition) is 7. The van der Waals surface area contributed by atoms with Crippen molar-refractivity contribution in [3.63, 3.8) is 0 Å². The van der Waals surface area contributed by atoms with Crippen molar-refractivity contribution in [2.24, 2.45) is 0 Å². The first-order valence-corrected chi connectivity index (χ1v) is 13.8. The maximum absolute atomic E-state index is 13.2. The van der Waals surface area contributed by atoms with Crippen molar-refractivity contribution in [3.8, 4) is 11.4 Å². The molecule has 0 amide bonds. The molecule has 1 unspecified atom stereocenters. The molecule has 2 aliphatic rings. The SMILES string of the molecule is CCC1COCCN1c1cc(C2(S(C)(=O)=O)CCOCC2)cc(-c2ccc3[nH]c(C)cc3n2)n1. The Bertz CT molecular complexity index is 1300. The number of sulfone groups is 1. The Morgan fingerprint density at radius 2 is 1.88 bits per heavy atom. The fourth-order valence-electron chi connectivity index (χ4n) is 5.21. The Morgan fingerprint density at radius 1 is 1.09 bits per heavy atom. The van der Waals surface area contributed by atoms with E-state index in [2.05, 4.69) is 16.8 Å². The van der Waals surface area contributed by atoms with E-state index in [0.717, 1.165) is 40.2 Å². The molecule has 2 aliphatic heterocycles. The van der Waals surface area contributed by atoms with Gasteiger partial charge < -0.3 is 19.4 Å². The third-order valence-electron chi connectivity index (χ3n) is 7.21. The molecule has 0 radical (unpaired) electrons. The lowest BCUT2D eigenvalue weighted by Gasteiger charge is -2.39. The predicted octanol–water partition coefficient (Wildman–Crippen LogP) is 3.60. The lowest BCUT2D eigenvalue weighted by Crippen LogP contribution is -2.46. The number of aryl methyl sites for hydroxylation is 1. The van der Waals surface area contributed by atoms with Gasteiger partial charge in [0, 0.05) is 31.7 Å². The van der Waals surface area contributed by atoms with Gasteiger partial charge >= 0.3 is 0 Å². The van der Waals surface area contributed by atoms with Gasteiger partial charge in [-0.1, -0.05) is 6.92 Å². The number of H-pyrrole nitrogens is 1. The van der Waals surface area contributed by atoms with Gasteiger partial charge in [-0.25, -0.2) is 18.4 Å². The molecule has 0 spiro atoms. The number of nitrogens with one attached hydrogen (secondary N) is 1. The van der Waals surface area contributed by atoms with Crippen LogP contribution < -0.4 is 4.90 Å². The summed E-state index contributed by atoms with van der Waals surface area (Å²) in [6, 6.07) is 10.0. The summed E-state index contributed by atoms with van der Waals surface area (Å²) in [4.78, 5) is 15.4. The topological polar surface area (TPSA) is 97.4 Å². The van der Waals surface area contributed by atoms with Crippen LogP contribution in [-0.4, -0.2) is 68.6 Å². The van der Waals surface area contributed by atoms with Crippen molar-refractivity contribution in [3.05, 3.63) is 41.6 Å².